The molecular weight excluding hydrogens is 260 g/mol. The van der Waals surface area contributed by atoms with Crippen LogP contribution >= 0.6 is 11.8 Å². The van der Waals surface area contributed by atoms with E-state index in [9.17, 15) is 4.79 Å². The Bertz CT molecular complexity index is 439. The summed E-state index contributed by atoms with van der Waals surface area (Å²) in [5, 5.41) is 3.24. The molecule has 2 atom stereocenters. The van der Waals surface area contributed by atoms with Crippen LogP contribution in [0.5, 0.6) is 0 Å². The summed E-state index contributed by atoms with van der Waals surface area (Å²) in [6, 6.07) is 7.84. The largest absolute Gasteiger partial charge is 0.383 e. The average Bonchev–Trinajstić information content (AvgIpc) is 2.45. The number of carbonyl (C=O) groups excluding carboxylic acids is 1. The van der Waals surface area contributed by atoms with Crippen LogP contribution in [0.2, 0.25) is 0 Å². The summed E-state index contributed by atoms with van der Waals surface area (Å²) in [7, 11) is 1.54. The molecule has 19 heavy (non-hydrogen) atoms. The molecule has 0 saturated heterocycles. The SMILES string of the molecule is COCC(N)C(=O)NCC1SCCc2ccccc21. The molecule has 0 spiro atoms. The lowest BCUT2D eigenvalue weighted by atomic mass is 10.0. The molecule has 2 rings (SSSR count). The van der Waals surface area contributed by atoms with Gasteiger partial charge in [-0.3, -0.25) is 4.79 Å². The van der Waals surface area contributed by atoms with Gasteiger partial charge < -0.3 is 15.8 Å². The number of nitrogens with one attached hydrogen (secondary N) is 1. The highest BCUT2D eigenvalue weighted by molar-refractivity contribution is 7.99. The highest BCUT2D eigenvalue weighted by Crippen LogP contribution is 2.35. The summed E-state index contributed by atoms with van der Waals surface area (Å²) in [4.78, 5) is 11.8. The van der Waals surface area contributed by atoms with E-state index in [0.29, 0.717) is 11.8 Å². The summed E-state index contributed by atoms with van der Waals surface area (Å²) in [5.74, 6) is 0.951. The van der Waals surface area contributed by atoms with Crippen molar-refractivity contribution < 1.29 is 9.53 Å². The Kier molecular flexibility index (Phi) is 5.24. The quantitative estimate of drug-likeness (QED) is 0.848. The standard InChI is InChI=1S/C14H20N2O2S/c1-18-9-12(15)14(17)16-8-13-11-5-3-2-4-10(11)6-7-19-13/h2-5,12-13H,6-9,15H2,1H3,(H,16,17). The number of fused-ring (bicyclic) bond motifs is 1. The van der Waals surface area contributed by atoms with Crippen LogP contribution in [-0.4, -0.2) is 38.0 Å². The molecule has 0 radical (unpaired) electrons. The molecule has 1 aliphatic rings. The molecule has 1 aromatic carbocycles. The first-order valence-electron chi connectivity index (χ1n) is 6.44. The van der Waals surface area contributed by atoms with Crippen LogP contribution in [0, 0.1) is 0 Å². The highest BCUT2D eigenvalue weighted by atomic mass is 32.2. The molecule has 1 heterocycles. The number of ether oxygens (including phenoxy) is 1. The first kappa shape index (κ1) is 14.4. The van der Waals surface area contributed by atoms with Gasteiger partial charge in [0.1, 0.15) is 6.04 Å². The average molecular weight is 280 g/mol. The number of amides is 1. The van der Waals surface area contributed by atoms with E-state index in [0.717, 1.165) is 12.2 Å². The zero-order valence-corrected chi connectivity index (χ0v) is 11.9. The Labute approximate surface area is 118 Å². The number of hydrogen-bond acceptors (Lipinski definition) is 4. The molecular formula is C14H20N2O2S. The van der Waals surface area contributed by atoms with E-state index in [4.69, 9.17) is 10.5 Å². The second-order valence-electron chi connectivity index (χ2n) is 4.62. The third kappa shape index (κ3) is 3.72. The van der Waals surface area contributed by atoms with E-state index in [-0.39, 0.29) is 12.5 Å². The van der Waals surface area contributed by atoms with E-state index in [2.05, 4.69) is 29.6 Å². The summed E-state index contributed by atoms with van der Waals surface area (Å²) in [6.45, 7) is 0.873. The lowest BCUT2D eigenvalue weighted by Gasteiger charge is -2.25. The molecule has 0 saturated carbocycles. The van der Waals surface area contributed by atoms with Crippen molar-refractivity contribution in [3.63, 3.8) is 0 Å². The molecule has 2 unspecified atom stereocenters. The van der Waals surface area contributed by atoms with Gasteiger partial charge in [-0.1, -0.05) is 24.3 Å². The summed E-state index contributed by atoms with van der Waals surface area (Å²) < 4.78 is 4.88. The van der Waals surface area contributed by atoms with E-state index in [1.807, 2.05) is 11.8 Å². The maximum absolute atomic E-state index is 11.8. The third-order valence-corrected chi connectivity index (χ3v) is 4.50. The molecule has 0 bridgehead atoms. The van der Waals surface area contributed by atoms with Crippen LogP contribution in [0.4, 0.5) is 0 Å². The van der Waals surface area contributed by atoms with Gasteiger partial charge in [0.15, 0.2) is 0 Å². The van der Waals surface area contributed by atoms with Crippen LogP contribution in [0.3, 0.4) is 0 Å². The Morgan fingerprint density at radius 2 is 2.37 bits per heavy atom. The minimum atomic E-state index is -0.589. The van der Waals surface area contributed by atoms with Crippen molar-refractivity contribution in [1.29, 1.82) is 0 Å². The van der Waals surface area contributed by atoms with Gasteiger partial charge in [-0.25, -0.2) is 0 Å². The Balaban J connectivity index is 1.92. The molecule has 4 nitrogen and oxygen atoms in total. The summed E-state index contributed by atoms with van der Waals surface area (Å²) in [6.07, 6.45) is 1.11. The molecule has 0 aromatic heterocycles. The molecule has 1 aliphatic heterocycles. The fraction of sp³-hybridized carbons (Fsp3) is 0.500. The first-order chi connectivity index (χ1) is 9.22. The minimum Gasteiger partial charge on any atom is -0.383 e. The van der Waals surface area contributed by atoms with Crippen molar-refractivity contribution in [2.45, 2.75) is 17.7 Å². The predicted molar refractivity (Wildman–Crippen MR) is 78.2 cm³/mol. The lowest BCUT2D eigenvalue weighted by molar-refractivity contribution is -0.123. The molecule has 0 fully saturated rings. The van der Waals surface area contributed by atoms with E-state index in [1.54, 1.807) is 7.11 Å². The second-order valence-corrected chi connectivity index (χ2v) is 5.93. The first-order valence-corrected chi connectivity index (χ1v) is 7.49. The maximum Gasteiger partial charge on any atom is 0.239 e. The molecule has 1 aromatic rings. The number of nitrogens with two attached hydrogens (primary N) is 1. The van der Waals surface area contributed by atoms with Gasteiger partial charge in [0.25, 0.3) is 0 Å². The van der Waals surface area contributed by atoms with Crippen LogP contribution in [0.25, 0.3) is 0 Å². The number of benzene rings is 1. The topological polar surface area (TPSA) is 64.3 Å². The van der Waals surface area contributed by atoms with Crippen molar-refractivity contribution in [3.05, 3.63) is 35.4 Å². The zero-order valence-electron chi connectivity index (χ0n) is 11.1. The lowest BCUT2D eigenvalue weighted by Crippen LogP contribution is -2.44. The second kappa shape index (κ2) is 6.93. The van der Waals surface area contributed by atoms with E-state index in [1.165, 1.54) is 11.1 Å². The Morgan fingerprint density at radius 1 is 1.58 bits per heavy atom. The maximum atomic E-state index is 11.8. The third-order valence-electron chi connectivity index (χ3n) is 3.24. The normalized spacial score (nSPS) is 19.6. The molecule has 5 heteroatoms. The number of aryl methyl sites for hydroxylation is 1. The number of rotatable bonds is 5. The fourth-order valence-electron chi connectivity index (χ4n) is 2.23. The number of methoxy groups -OCH3 is 1. The van der Waals surface area contributed by atoms with Crippen molar-refractivity contribution in [1.82, 2.24) is 5.32 Å². The van der Waals surface area contributed by atoms with E-state index >= 15 is 0 Å². The van der Waals surface area contributed by atoms with Gasteiger partial charge in [0, 0.05) is 18.9 Å². The molecule has 3 N–H and O–H groups in total. The Morgan fingerprint density at radius 3 is 3.16 bits per heavy atom. The van der Waals surface area contributed by atoms with Gasteiger partial charge in [0.2, 0.25) is 5.91 Å². The fourth-order valence-corrected chi connectivity index (χ4v) is 3.46. The highest BCUT2D eigenvalue weighted by Gasteiger charge is 2.21. The van der Waals surface area contributed by atoms with E-state index < -0.39 is 6.04 Å². The smallest absolute Gasteiger partial charge is 0.239 e. The van der Waals surface area contributed by atoms with Crippen LogP contribution < -0.4 is 11.1 Å². The minimum absolute atomic E-state index is 0.148. The van der Waals surface area contributed by atoms with Crippen LogP contribution in [0.1, 0.15) is 16.4 Å². The van der Waals surface area contributed by atoms with Crippen LogP contribution in [0.15, 0.2) is 24.3 Å². The van der Waals surface area contributed by atoms with Crippen molar-refractivity contribution in [2.24, 2.45) is 5.73 Å². The van der Waals surface area contributed by atoms with Gasteiger partial charge in [-0.2, -0.15) is 11.8 Å². The molecule has 1 amide bonds. The van der Waals surface area contributed by atoms with Gasteiger partial charge >= 0.3 is 0 Å². The van der Waals surface area contributed by atoms with Crippen molar-refractivity contribution in [2.75, 3.05) is 26.0 Å². The Hall–Kier alpha value is -1.04. The van der Waals surface area contributed by atoms with Crippen molar-refractivity contribution in [3.8, 4) is 0 Å². The van der Waals surface area contributed by atoms with Crippen molar-refractivity contribution >= 4 is 17.7 Å². The number of hydrogen-bond donors (Lipinski definition) is 2. The summed E-state index contributed by atoms with van der Waals surface area (Å²) in [5.41, 5.74) is 8.42. The predicted octanol–water partition coefficient (Wildman–Crippen LogP) is 1.11. The number of carbonyl (C=O) groups is 1. The zero-order chi connectivity index (χ0) is 13.7. The van der Waals surface area contributed by atoms with Gasteiger partial charge in [0.05, 0.1) is 6.61 Å². The summed E-state index contributed by atoms with van der Waals surface area (Å²) >= 11 is 1.89. The molecule has 104 valence electrons. The van der Waals surface area contributed by atoms with Gasteiger partial charge in [-0.15, -0.1) is 0 Å². The molecule has 0 aliphatic carbocycles. The number of thioether (sulfide) groups is 1. The monoisotopic (exact) mass is 280 g/mol. The van der Waals surface area contributed by atoms with Gasteiger partial charge in [-0.05, 0) is 23.3 Å². The van der Waals surface area contributed by atoms with Crippen LogP contribution in [-0.2, 0) is 16.0 Å².